The average molecular weight is 179 g/mol. The Bertz CT molecular complexity index is 263. The number of hydrogen-bond acceptors (Lipinski definition) is 2. The van der Waals surface area contributed by atoms with Crippen molar-refractivity contribution >= 4 is 0 Å². The Morgan fingerprint density at radius 2 is 2.46 bits per heavy atom. The molecule has 0 saturated heterocycles. The first-order chi connectivity index (χ1) is 6.36. The molecule has 0 radical (unpaired) electrons. The molecule has 0 aromatic carbocycles. The van der Waals surface area contributed by atoms with E-state index in [0.29, 0.717) is 0 Å². The first-order valence-electron chi connectivity index (χ1n) is 5.02. The zero-order valence-corrected chi connectivity index (χ0v) is 8.16. The Hall–Kier alpha value is -0.830. The largest absolute Gasteiger partial charge is 0.337 e. The van der Waals surface area contributed by atoms with Gasteiger partial charge in [0.15, 0.2) is 0 Å². The van der Waals surface area contributed by atoms with E-state index >= 15 is 0 Å². The van der Waals surface area contributed by atoms with E-state index in [4.69, 9.17) is 0 Å². The number of hydrogen-bond donors (Lipinski definition) is 1. The zero-order valence-electron chi connectivity index (χ0n) is 8.16. The van der Waals surface area contributed by atoms with Crippen molar-refractivity contribution in [2.75, 3.05) is 6.54 Å². The lowest BCUT2D eigenvalue weighted by Crippen LogP contribution is -2.16. The van der Waals surface area contributed by atoms with E-state index in [1.54, 1.807) is 0 Å². The second-order valence-electron chi connectivity index (χ2n) is 3.90. The van der Waals surface area contributed by atoms with Gasteiger partial charge in [-0.2, -0.15) is 0 Å². The van der Waals surface area contributed by atoms with Gasteiger partial charge in [0, 0.05) is 19.8 Å². The molecule has 0 atom stereocenters. The number of imidazole rings is 1. The normalized spacial score (nSPS) is 16.4. The van der Waals surface area contributed by atoms with Crippen LogP contribution < -0.4 is 5.32 Å². The molecule has 0 spiro atoms. The molecule has 72 valence electrons. The molecule has 1 aliphatic carbocycles. The van der Waals surface area contributed by atoms with Crippen molar-refractivity contribution in [2.45, 2.75) is 25.8 Å². The first-order valence-corrected chi connectivity index (χ1v) is 5.02. The number of nitrogens with zero attached hydrogens (tertiary/aromatic N) is 2. The molecule has 1 aromatic heterocycles. The van der Waals surface area contributed by atoms with Gasteiger partial charge in [0.25, 0.3) is 0 Å². The first kappa shape index (κ1) is 8.75. The van der Waals surface area contributed by atoms with Gasteiger partial charge in [0.2, 0.25) is 0 Å². The molecular weight excluding hydrogens is 162 g/mol. The van der Waals surface area contributed by atoms with Crippen molar-refractivity contribution in [3.05, 3.63) is 18.2 Å². The van der Waals surface area contributed by atoms with Crippen molar-refractivity contribution in [1.82, 2.24) is 14.9 Å². The van der Waals surface area contributed by atoms with Crippen LogP contribution >= 0.6 is 0 Å². The van der Waals surface area contributed by atoms with Crippen LogP contribution in [-0.4, -0.2) is 16.1 Å². The van der Waals surface area contributed by atoms with E-state index in [0.717, 1.165) is 19.0 Å². The summed E-state index contributed by atoms with van der Waals surface area (Å²) in [5.74, 6) is 1.03. The molecule has 1 aromatic rings. The smallest absolute Gasteiger partial charge is 0.0945 e. The molecule has 0 unspecified atom stereocenters. The molecular formula is C10H17N3. The topological polar surface area (TPSA) is 29.9 Å². The maximum Gasteiger partial charge on any atom is 0.0945 e. The van der Waals surface area contributed by atoms with Gasteiger partial charge in [-0.1, -0.05) is 12.8 Å². The lowest BCUT2D eigenvalue weighted by molar-refractivity contribution is 0.597. The van der Waals surface area contributed by atoms with Crippen LogP contribution in [0.2, 0.25) is 0 Å². The van der Waals surface area contributed by atoms with Gasteiger partial charge in [-0.3, -0.25) is 0 Å². The van der Waals surface area contributed by atoms with Gasteiger partial charge < -0.3 is 9.88 Å². The summed E-state index contributed by atoms with van der Waals surface area (Å²) in [7, 11) is 2.03. The van der Waals surface area contributed by atoms with Gasteiger partial charge in [-0.05, 0) is 18.9 Å². The second-order valence-corrected chi connectivity index (χ2v) is 3.90. The lowest BCUT2D eigenvalue weighted by atomic mass is 10.3. The summed E-state index contributed by atoms with van der Waals surface area (Å²) in [6.07, 6.45) is 8.01. The SMILES string of the molecule is Cn1cncc1CNCCC1CC1. The van der Waals surface area contributed by atoms with Gasteiger partial charge in [-0.25, -0.2) is 4.98 Å². The van der Waals surface area contributed by atoms with Crippen LogP contribution in [0.3, 0.4) is 0 Å². The lowest BCUT2D eigenvalue weighted by Gasteiger charge is -2.04. The van der Waals surface area contributed by atoms with E-state index < -0.39 is 0 Å². The van der Waals surface area contributed by atoms with Crippen LogP contribution in [0, 0.1) is 5.92 Å². The fraction of sp³-hybridized carbons (Fsp3) is 0.700. The average Bonchev–Trinajstić information content (AvgIpc) is 2.86. The van der Waals surface area contributed by atoms with Crippen molar-refractivity contribution < 1.29 is 0 Å². The molecule has 1 saturated carbocycles. The Morgan fingerprint density at radius 3 is 3.08 bits per heavy atom. The van der Waals surface area contributed by atoms with Crippen molar-refractivity contribution in [3.8, 4) is 0 Å². The molecule has 1 heterocycles. The van der Waals surface area contributed by atoms with E-state index in [1.165, 1.54) is 25.0 Å². The van der Waals surface area contributed by atoms with Crippen LogP contribution in [0.4, 0.5) is 0 Å². The second kappa shape index (κ2) is 3.92. The quantitative estimate of drug-likeness (QED) is 0.691. The van der Waals surface area contributed by atoms with Gasteiger partial charge in [-0.15, -0.1) is 0 Å². The number of aromatic nitrogens is 2. The number of rotatable bonds is 5. The number of nitrogens with one attached hydrogen (secondary N) is 1. The van der Waals surface area contributed by atoms with Gasteiger partial charge >= 0.3 is 0 Å². The van der Waals surface area contributed by atoms with Gasteiger partial charge in [0.1, 0.15) is 0 Å². The Labute approximate surface area is 79.2 Å². The zero-order chi connectivity index (χ0) is 9.10. The van der Waals surface area contributed by atoms with Crippen molar-refractivity contribution in [3.63, 3.8) is 0 Å². The summed E-state index contributed by atoms with van der Waals surface area (Å²) in [6, 6.07) is 0. The third kappa shape index (κ3) is 2.56. The highest BCUT2D eigenvalue weighted by Gasteiger charge is 2.19. The highest BCUT2D eigenvalue weighted by molar-refractivity contribution is 4.96. The maximum atomic E-state index is 4.07. The summed E-state index contributed by atoms with van der Waals surface area (Å²) in [5, 5.41) is 3.44. The van der Waals surface area contributed by atoms with Crippen LogP contribution in [0.5, 0.6) is 0 Å². The monoisotopic (exact) mass is 179 g/mol. The predicted octanol–water partition coefficient (Wildman–Crippen LogP) is 1.31. The molecule has 2 rings (SSSR count). The van der Waals surface area contributed by atoms with Crippen LogP contribution in [0.15, 0.2) is 12.5 Å². The fourth-order valence-electron chi connectivity index (χ4n) is 1.48. The highest BCUT2D eigenvalue weighted by atomic mass is 15.0. The van der Waals surface area contributed by atoms with E-state index in [9.17, 15) is 0 Å². The van der Waals surface area contributed by atoms with E-state index in [-0.39, 0.29) is 0 Å². The molecule has 3 nitrogen and oxygen atoms in total. The van der Waals surface area contributed by atoms with Crippen LogP contribution in [0.25, 0.3) is 0 Å². The highest BCUT2D eigenvalue weighted by Crippen LogP contribution is 2.31. The Morgan fingerprint density at radius 1 is 1.62 bits per heavy atom. The summed E-state index contributed by atoms with van der Waals surface area (Å²) in [6.45, 7) is 2.10. The fourth-order valence-corrected chi connectivity index (χ4v) is 1.48. The predicted molar refractivity (Wildman–Crippen MR) is 52.3 cm³/mol. The molecule has 3 heteroatoms. The summed E-state index contributed by atoms with van der Waals surface area (Å²) in [4.78, 5) is 4.07. The molecule has 0 aliphatic heterocycles. The third-order valence-electron chi connectivity index (χ3n) is 2.65. The minimum Gasteiger partial charge on any atom is -0.337 e. The summed E-state index contributed by atoms with van der Waals surface area (Å²) in [5.41, 5.74) is 1.26. The number of aryl methyl sites for hydroxylation is 1. The standard InChI is InChI=1S/C10H17N3/c1-13-8-12-7-10(13)6-11-5-4-9-2-3-9/h7-9,11H,2-6H2,1H3. The minimum absolute atomic E-state index is 0.948. The van der Waals surface area contributed by atoms with E-state index in [2.05, 4.69) is 14.9 Å². The van der Waals surface area contributed by atoms with Crippen LogP contribution in [0.1, 0.15) is 25.0 Å². The molecule has 13 heavy (non-hydrogen) atoms. The molecule has 1 fully saturated rings. The Kier molecular flexibility index (Phi) is 2.64. The van der Waals surface area contributed by atoms with Crippen molar-refractivity contribution in [1.29, 1.82) is 0 Å². The molecule has 1 N–H and O–H groups in total. The minimum atomic E-state index is 0.948. The summed E-state index contributed by atoms with van der Waals surface area (Å²) < 4.78 is 2.06. The molecule has 1 aliphatic rings. The Balaban J connectivity index is 1.64. The maximum absolute atomic E-state index is 4.07. The summed E-state index contributed by atoms with van der Waals surface area (Å²) >= 11 is 0. The van der Waals surface area contributed by atoms with Crippen LogP contribution in [-0.2, 0) is 13.6 Å². The van der Waals surface area contributed by atoms with Crippen molar-refractivity contribution in [2.24, 2.45) is 13.0 Å². The van der Waals surface area contributed by atoms with E-state index in [1.807, 2.05) is 19.6 Å². The van der Waals surface area contributed by atoms with Gasteiger partial charge in [0.05, 0.1) is 12.0 Å². The third-order valence-corrected chi connectivity index (χ3v) is 2.65. The molecule has 0 amide bonds. The molecule has 0 bridgehead atoms.